The summed E-state index contributed by atoms with van der Waals surface area (Å²) in [6.45, 7) is 7.36. The monoisotopic (exact) mass is 184 g/mol. The van der Waals surface area contributed by atoms with Crippen LogP contribution in [0.4, 0.5) is 0 Å². The largest absolute Gasteiger partial charge is 0.460 e. The Morgan fingerprint density at radius 2 is 2.23 bits per heavy atom. The summed E-state index contributed by atoms with van der Waals surface area (Å²) in [5.74, 6) is -0.173. The van der Waals surface area contributed by atoms with E-state index in [2.05, 4.69) is 5.32 Å². The summed E-state index contributed by atoms with van der Waals surface area (Å²) in [5.41, 5.74) is -0.373. The Kier molecular flexibility index (Phi) is 3.31. The fourth-order valence-electron chi connectivity index (χ4n) is 1.28. The molecule has 1 aliphatic heterocycles. The van der Waals surface area contributed by atoms with E-state index in [0.29, 0.717) is 0 Å². The molecule has 1 atom stereocenters. The van der Waals surface area contributed by atoms with Gasteiger partial charge in [0.1, 0.15) is 5.60 Å². The van der Waals surface area contributed by atoms with Gasteiger partial charge in [0.25, 0.3) is 0 Å². The van der Waals surface area contributed by atoms with Crippen molar-refractivity contribution in [3.63, 3.8) is 0 Å². The number of carbonyl (C=O) groups is 1. The molecule has 0 aromatic rings. The van der Waals surface area contributed by atoms with Crippen LogP contribution >= 0.6 is 0 Å². The lowest BCUT2D eigenvalue weighted by atomic mass is 10.00. The van der Waals surface area contributed by atoms with Gasteiger partial charge in [0.15, 0.2) is 0 Å². The zero-order chi connectivity index (χ0) is 9.90. The first-order chi connectivity index (χ1) is 5.99. The summed E-state index contributed by atoms with van der Waals surface area (Å²) < 4.78 is 5.27. The number of carbonyl (C=O) groups excluding carboxylic acids is 1. The zero-order valence-corrected chi connectivity index (χ0v) is 8.59. The second kappa shape index (κ2) is 4.09. The lowest BCUT2D eigenvalue weighted by Crippen LogP contribution is -2.38. The van der Waals surface area contributed by atoms with Gasteiger partial charge in [-0.3, -0.25) is 4.79 Å². The topological polar surface area (TPSA) is 38.3 Å². The standard InChI is InChI=1S/C10H18NO2/c1-10(2,3)13-9(12)8-5-4-6-11-7-8/h5,8,11H,4,6-7H2,1-3H3. The molecule has 13 heavy (non-hydrogen) atoms. The molecule has 1 N–H and O–H groups in total. The van der Waals surface area contributed by atoms with Crippen molar-refractivity contribution in [3.8, 4) is 0 Å². The fraction of sp³-hybridized carbons (Fsp3) is 0.800. The summed E-state index contributed by atoms with van der Waals surface area (Å²) in [5, 5.41) is 3.17. The van der Waals surface area contributed by atoms with Crippen molar-refractivity contribution in [2.45, 2.75) is 32.8 Å². The van der Waals surface area contributed by atoms with Crippen molar-refractivity contribution >= 4 is 5.97 Å². The first kappa shape index (κ1) is 10.5. The van der Waals surface area contributed by atoms with E-state index in [1.54, 1.807) is 0 Å². The van der Waals surface area contributed by atoms with Gasteiger partial charge in [0.2, 0.25) is 0 Å². The number of hydrogen-bond acceptors (Lipinski definition) is 3. The zero-order valence-electron chi connectivity index (χ0n) is 8.59. The number of piperidine rings is 1. The molecule has 75 valence electrons. The van der Waals surface area contributed by atoms with E-state index in [1.165, 1.54) is 0 Å². The third-order valence-corrected chi connectivity index (χ3v) is 1.85. The number of hydrogen-bond donors (Lipinski definition) is 1. The van der Waals surface area contributed by atoms with Crippen LogP contribution in [0.5, 0.6) is 0 Å². The molecule has 1 saturated heterocycles. The molecule has 0 spiro atoms. The predicted molar refractivity (Wildman–Crippen MR) is 51.1 cm³/mol. The highest BCUT2D eigenvalue weighted by Gasteiger charge is 2.26. The summed E-state index contributed by atoms with van der Waals surface area (Å²) >= 11 is 0. The van der Waals surface area contributed by atoms with E-state index in [0.717, 1.165) is 19.5 Å². The van der Waals surface area contributed by atoms with Crippen LogP contribution in [0.1, 0.15) is 27.2 Å². The molecule has 0 bridgehead atoms. The predicted octanol–water partition coefficient (Wildman–Crippen LogP) is 1.14. The number of nitrogens with one attached hydrogen (secondary N) is 1. The molecule has 0 aromatic heterocycles. The van der Waals surface area contributed by atoms with Gasteiger partial charge in [-0.15, -0.1) is 0 Å². The molecule has 0 aromatic carbocycles. The van der Waals surface area contributed by atoms with Crippen LogP contribution in [0, 0.1) is 12.3 Å². The van der Waals surface area contributed by atoms with Crippen LogP contribution < -0.4 is 5.32 Å². The van der Waals surface area contributed by atoms with Gasteiger partial charge in [-0.05, 0) is 40.2 Å². The molecule has 1 aliphatic rings. The van der Waals surface area contributed by atoms with Gasteiger partial charge < -0.3 is 10.1 Å². The number of esters is 1. The molecule has 0 aliphatic carbocycles. The second-order valence-electron chi connectivity index (χ2n) is 4.37. The van der Waals surface area contributed by atoms with Gasteiger partial charge in [-0.2, -0.15) is 0 Å². The Labute approximate surface area is 79.8 Å². The van der Waals surface area contributed by atoms with Crippen molar-refractivity contribution in [1.29, 1.82) is 0 Å². The molecule has 0 amide bonds. The second-order valence-corrected chi connectivity index (χ2v) is 4.37. The van der Waals surface area contributed by atoms with Crippen molar-refractivity contribution in [2.24, 2.45) is 5.92 Å². The summed E-state index contributed by atoms with van der Waals surface area (Å²) in [4.78, 5) is 11.5. The lowest BCUT2D eigenvalue weighted by molar-refractivity contribution is -0.158. The summed E-state index contributed by atoms with van der Waals surface area (Å²) in [7, 11) is 0. The van der Waals surface area contributed by atoms with Gasteiger partial charge >= 0.3 is 5.97 Å². The molecule has 3 nitrogen and oxygen atoms in total. The molecule has 3 heteroatoms. The Morgan fingerprint density at radius 1 is 1.54 bits per heavy atom. The van der Waals surface area contributed by atoms with Gasteiger partial charge in [-0.1, -0.05) is 0 Å². The highest BCUT2D eigenvalue weighted by molar-refractivity contribution is 5.74. The fourth-order valence-corrected chi connectivity index (χ4v) is 1.28. The van der Waals surface area contributed by atoms with Gasteiger partial charge in [0, 0.05) is 6.54 Å². The van der Waals surface area contributed by atoms with E-state index in [4.69, 9.17) is 4.74 Å². The minimum absolute atomic E-state index is 0.0621. The van der Waals surface area contributed by atoms with E-state index < -0.39 is 0 Å². The Morgan fingerprint density at radius 3 is 2.69 bits per heavy atom. The molecule has 1 radical (unpaired) electrons. The Hall–Kier alpha value is -0.570. The minimum Gasteiger partial charge on any atom is -0.460 e. The van der Waals surface area contributed by atoms with Gasteiger partial charge in [0.05, 0.1) is 5.92 Å². The number of ether oxygens (including phenoxy) is 1. The Bertz CT molecular complexity index is 178. The maximum Gasteiger partial charge on any atom is 0.311 e. The first-order valence-corrected chi connectivity index (χ1v) is 4.76. The number of rotatable bonds is 1. The molecular weight excluding hydrogens is 166 g/mol. The normalized spacial score (nSPS) is 24.1. The average Bonchev–Trinajstić information content (AvgIpc) is 2.03. The van der Waals surface area contributed by atoms with Crippen molar-refractivity contribution in [3.05, 3.63) is 6.42 Å². The van der Waals surface area contributed by atoms with E-state index in [1.807, 2.05) is 27.2 Å². The van der Waals surface area contributed by atoms with E-state index in [9.17, 15) is 4.79 Å². The smallest absolute Gasteiger partial charge is 0.311 e. The lowest BCUT2D eigenvalue weighted by Gasteiger charge is -2.26. The first-order valence-electron chi connectivity index (χ1n) is 4.76. The van der Waals surface area contributed by atoms with Crippen molar-refractivity contribution < 1.29 is 9.53 Å². The minimum atomic E-state index is -0.373. The highest BCUT2D eigenvalue weighted by atomic mass is 16.6. The molecule has 1 fully saturated rings. The van der Waals surface area contributed by atoms with Gasteiger partial charge in [-0.25, -0.2) is 0 Å². The third-order valence-electron chi connectivity index (χ3n) is 1.85. The summed E-state index contributed by atoms with van der Waals surface area (Å²) in [6, 6.07) is 0. The molecule has 1 heterocycles. The van der Waals surface area contributed by atoms with Crippen LogP contribution in [0.2, 0.25) is 0 Å². The maximum absolute atomic E-state index is 11.5. The average molecular weight is 184 g/mol. The highest BCUT2D eigenvalue weighted by Crippen LogP contribution is 2.15. The molecule has 1 rings (SSSR count). The maximum atomic E-state index is 11.5. The Balaban J connectivity index is 2.38. The quantitative estimate of drug-likeness (QED) is 0.621. The van der Waals surface area contributed by atoms with Crippen molar-refractivity contribution in [2.75, 3.05) is 13.1 Å². The molecular formula is C10H18NO2. The molecule has 1 unspecified atom stereocenters. The van der Waals surface area contributed by atoms with Crippen LogP contribution in [-0.2, 0) is 9.53 Å². The van der Waals surface area contributed by atoms with E-state index >= 15 is 0 Å². The van der Waals surface area contributed by atoms with E-state index in [-0.39, 0.29) is 17.5 Å². The van der Waals surface area contributed by atoms with Crippen LogP contribution in [0.15, 0.2) is 0 Å². The van der Waals surface area contributed by atoms with Crippen molar-refractivity contribution in [1.82, 2.24) is 5.32 Å². The van der Waals surface area contributed by atoms with Crippen LogP contribution in [-0.4, -0.2) is 24.7 Å². The molecule has 0 saturated carbocycles. The van der Waals surface area contributed by atoms with Crippen LogP contribution in [0.3, 0.4) is 0 Å². The third kappa shape index (κ3) is 3.77. The summed E-state index contributed by atoms with van der Waals surface area (Å²) in [6.07, 6.45) is 2.98. The van der Waals surface area contributed by atoms with Crippen LogP contribution in [0.25, 0.3) is 0 Å². The SMILES string of the molecule is CC(C)(C)OC(=O)C1[CH]CCNC1.